The Bertz CT molecular complexity index is 392. The largest absolute Gasteiger partial charge is 0.476 e. The molecular formula is C9H9FN2O. The quantitative estimate of drug-likeness (QED) is 0.661. The van der Waals surface area contributed by atoms with Crippen LogP contribution in [0, 0.1) is 0 Å². The number of hydrogen-bond acceptors (Lipinski definition) is 2. The molecule has 0 saturated carbocycles. The fraction of sp³-hybridized carbons (Fsp3) is 0.222. The van der Waals surface area contributed by atoms with Crippen LogP contribution >= 0.6 is 0 Å². The van der Waals surface area contributed by atoms with Gasteiger partial charge < -0.3 is 4.74 Å². The van der Waals surface area contributed by atoms with E-state index in [1.165, 1.54) is 0 Å². The second kappa shape index (κ2) is 2.73. The van der Waals surface area contributed by atoms with Crippen LogP contribution < -0.4 is 0 Å². The van der Waals surface area contributed by atoms with Crippen molar-refractivity contribution in [3.05, 3.63) is 36.4 Å². The first kappa shape index (κ1) is 8.04. The maximum atomic E-state index is 13.0. The second-order valence-corrected chi connectivity index (χ2v) is 2.83. The molecule has 1 aromatic heterocycles. The minimum Gasteiger partial charge on any atom is -0.476 e. The summed E-state index contributed by atoms with van der Waals surface area (Å²) in [5.41, 5.74) is 0.358. The average molecular weight is 180 g/mol. The molecule has 0 saturated heterocycles. The molecule has 4 heteroatoms. The van der Waals surface area contributed by atoms with Crippen LogP contribution in [0.5, 0.6) is 0 Å². The van der Waals surface area contributed by atoms with Crippen LogP contribution in [0.1, 0.15) is 12.7 Å². The Hall–Kier alpha value is -1.58. The molecule has 2 heterocycles. The number of ether oxygens (including phenoxy) is 1. The van der Waals surface area contributed by atoms with Gasteiger partial charge in [-0.3, -0.25) is 4.57 Å². The third-order valence-corrected chi connectivity index (χ3v) is 1.98. The van der Waals surface area contributed by atoms with Crippen LogP contribution in [0.25, 0.3) is 5.57 Å². The van der Waals surface area contributed by atoms with Crippen LogP contribution in [0.4, 0.5) is 4.39 Å². The van der Waals surface area contributed by atoms with Crippen molar-refractivity contribution in [1.29, 1.82) is 0 Å². The van der Waals surface area contributed by atoms with E-state index in [-0.39, 0.29) is 0 Å². The van der Waals surface area contributed by atoms with Crippen LogP contribution in [-0.4, -0.2) is 9.55 Å². The maximum Gasteiger partial charge on any atom is 0.165 e. The monoisotopic (exact) mass is 180 g/mol. The lowest BCUT2D eigenvalue weighted by molar-refractivity contribution is 0.137. The van der Waals surface area contributed by atoms with E-state index >= 15 is 0 Å². The molecule has 0 N–H and O–H groups in total. The second-order valence-electron chi connectivity index (χ2n) is 2.83. The minimum absolute atomic E-state index is 0.358. The third kappa shape index (κ3) is 1.14. The van der Waals surface area contributed by atoms with Gasteiger partial charge in [0, 0.05) is 12.4 Å². The summed E-state index contributed by atoms with van der Waals surface area (Å²) >= 11 is 0. The molecule has 1 aliphatic rings. The average Bonchev–Trinajstić information content (AvgIpc) is 2.50. The molecule has 0 amide bonds. The lowest BCUT2D eigenvalue weighted by atomic mass is 10.2. The van der Waals surface area contributed by atoms with Crippen LogP contribution in [0.2, 0.25) is 0 Å². The van der Waals surface area contributed by atoms with Gasteiger partial charge in [-0.05, 0) is 6.92 Å². The van der Waals surface area contributed by atoms with Gasteiger partial charge in [0.05, 0.1) is 5.57 Å². The first-order chi connectivity index (χ1) is 6.20. The summed E-state index contributed by atoms with van der Waals surface area (Å²) in [6, 6.07) is 0. The number of hydrogen-bond donors (Lipinski definition) is 0. The molecule has 0 fully saturated rings. The highest BCUT2D eigenvalue weighted by molar-refractivity contribution is 5.74. The predicted molar refractivity (Wildman–Crippen MR) is 46.2 cm³/mol. The van der Waals surface area contributed by atoms with Crippen molar-refractivity contribution in [3.63, 3.8) is 0 Å². The van der Waals surface area contributed by atoms with E-state index in [0.717, 1.165) is 0 Å². The van der Waals surface area contributed by atoms with Gasteiger partial charge in [0.1, 0.15) is 17.4 Å². The highest BCUT2D eigenvalue weighted by Crippen LogP contribution is 2.29. The highest BCUT2D eigenvalue weighted by atomic mass is 19.1. The SMILES string of the molecule is C=C(F)C1=C(C)OCn2ccnc21. The minimum atomic E-state index is -0.510. The molecule has 0 aliphatic carbocycles. The summed E-state index contributed by atoms with van der Waals surface area (Å²) in [5.74, 6) is 0.604. The lowest BCUT2D eigenvalue weighted by Crippen LogP contribution is -2.12. The predicted octanol–water partition coefficient (Wildman–Crippen LogP) is 2.08. The Morgan fingerprint density at radius 1 is 1.77 bits per heavy atom. The van der Waals surface area contributed by atoms with Gasteiger partial charge in [0.15, 0.2) is 6.73 Å². The molecule has 1 aliphatic heterocycles. The number of imidazole rings is 1. The molecule has 13 heavy (non-hydrogen) atoms. The van der Waals surface area contributed by atoms with Crippen molar-refractivity contribution in [2.45, 2.75) is 13.7 Å². The third-order valence-electron chi connectivity index (χ3n) is 1.98. The van der Waals surface area contributed by atoms with Crippen molar-refractivity contribution >= 4 is 5.57 Å². The summed E-state index contributed by atoms with van der Waals surface area (Å²) in [7, 11) is 0. The molecule has 0 bridgehead atoms. The molecule has 2 rings (SSSR count). The zero-order valence-electron chi connectivity index (χ0n) is 7.25. The van der Waals surface area contributed by atoms with Gasteiger partial charge in [-0.2, -0.15) is 0 Å². The standard InChI is InChI=1S/C9H9FN2O/c1-6(10)8-7(2)13-5-12-4-3-11-9(8)12/h3-4H,1,5H2,2H3. The molecular weight excluding hydrogens is 171 g/mol. The van der Waals surface area contributed by atoms with Crippen molar-refractivity contribution < 1.29 is 9.13 Å². The number of nitrogens with zero attached hydrogens (tertiary/aromatic N) is 2. The first-order valence-corrected chi connectivity index (χ1v) is 3.90. The Kier molecular flexibility index (Phi) is 1.69. The molecule has 0 spiro atoms. The van der Waals surface area contributed by atoms with E-state index in [9.17, 15) is 4.39 Å². The van der Waals surface area contributed by atoms with Gasteiger partial charge in [0.2, 0.25) is 0 Å². The van der Waals surface area contributed by atoms with Crippen molar-refractivity contribution in [2.24, 2.45) is 0 Å². The maximum absolute atomic E-state index is 13.0. The molecule has 0 radical (unpaired) electrons. The molecule has 0 aromatic carbocycles. The van der Waals surface area contributed by atoms with Gasteiger partial charge in [-0.15, -0.1) is 0 Å². The Balaban J connectivity index is 2.59. The first-order valence-electron chi connectivity index (χ1n) is 3.90. The zero-order chi connectivity index (χ0) is 9.42. The molecule has 0 unspecified atom stereocenters. The lowest BCUT2D eigenvalue weighted by Gasteiger charge is -2.19. The van der Waals surface area contributed by atoms with E-state index in [0.29, 0.717) is 23.9 Å². The summed E-state index contributed by atoms with van der Waals surface area (Å²) < 4.78 is 20.0. The number of aromatic nitrogens is 2. The summed E-state index contributed by atoms with van der Waals surface area (Å²) in [6.07, 6.45) is 3.35. The van der Waals surface area contributed by atoms with E-state index in [2.05, 4.69) is 11.6 Å². The fourth-order valence-electron chi connectivity index (χ4n) is 1.35. The number of fused-ring (bicyclic) bond motifs is 1. The highest BCUT2D eigenvalue weighted by Gasteiger charge is 2.20. The van der Waals surface area contributed by atoms with Crippen molar-refractivity contribution in [1.82, 2.24) is 9.55 Å². The van der Waals surface area contributed by atoms with E-state index in [1.54, 1.807) is 23.9 Å². The normalized spacial score (nSPS) is 15.2. The molecule has 3 nitrogen and oxygen atoms in total. The molecule has 1 aromatic rings. The van der Waals surface area contributed by atoms with E-state index in [4.69, 9.17) is 4.74 Å². The smallest absolute Gasteiger partial charge is 0.165 e. The van der Waals surface area contributed by atoms with Gasteiger partial charge in [0.25, 0.3) is 0 Å². The van der Waals surface area contributed by atoms with Crippen molar-refractivity contribution in [2.75, 3.05) is 0 Å². The summed E-state index contributed by atoms with van der Waals surface area (Å²) in [6.45, 7) is 5.34. The Labute approximate surface area is 75.2 Å². The zero-order valence-corrected chi connectivity index (χ0v) is 7.25. The van der Waals surface area contributed by atoms with E-state index in [1.807, 2.05) is 0 Å². The topological polar surface area (TPSA) is 27.1 Å². The number of allylic oxidation sites excluding steroid dienone is 3. The van der Waals surface area contributed by atoms with E-state index < -0.39 is 5.83 Å². The van der Waals surface area contributed by atoms with Gasteiger partial charge in [-0.1, -0.05) is 6.58 Å². The van der Waals surface area contributed by atoms with Crippen LogP contribution in [0.3, 0.4) is 0 Å². The Morgan fingerprint density at radius 2 is 2.54 bits per heavy atom. The van der Waals surface area contributed by atoms with Crippen LogP contribution in [-0.2, 0) is 11.5 Å². The summed E-state index contributed by atoms with van der Waals surface area (Å²) in [4.78, 5) is 4.03. The summed E-state index contributed by atoms with van der Waals surface area (Å²) in [5, 5.41) is 0. The van der Waals surface area contributed by atoms with Gasteiger partial charge >= 0.3 is 0 Å². The molecule has 68 valence electrons. The van der Waals surface area contributed by atoms with Gasteiger partial charge in [-0.25, -0.2) is 9.37 Å². The Morgan fingerprint density at radius 3 is 3.23 bits per heavy atom. The number of halogens is 1. The van der Waals surface area contributed by atoms with Crippen LogP contribution in [0.15, 0.2) is 30.6 Å². The fourth-order valence-corrected chi connectivity index (χ4v) is 1.35. The molecule has 0 atom stereocenters. The number of rotatable bonds is 1. The van der Waals surface area contributed by atoms with Crippen molar-refractivity contribution in [3.8, 4) is 0 Å².